The normalized spacial score (nSPS) is 12.3. The zero-order valence-corrected chi connectivity index (χ0v) is 11.5. The average molecular weight is 276 g/mol. The molecule has 0 saturated heterocycles. The number of hydrogen-bond acceptors (Lipinski definition) is 3. The number of rotatable bonds is 6. The number of carbonyl (C=O) groups is 1. The quantitative estimate of drug-likeness (QED) is 0.881. The van der Waals surface area contributed by atoms with Crippen molar-refractivity contribution in [1.29, 1.82) is 0 Å². The van der Waals surface area contributed by atoms with Gasteiger partial charge in [0.15, 0.2) is 0 Å². The number of para-hydroxylation sites is 1. The van der Waals surface area contributed by atoms with Crippen LogP contribution < -0.4 is 0 Å². The summed E-state index contributed by atoms with van der Waals surface area (Å²) >= 11 is 1.44. The maximum absolute atomic E-state index is 10.9. The van der Waals surface area contributed by atoms with Gasteiger partial charge >= 0.3 is 5.97 Å². The number of thioether (sulfide) groups is 1. The van der Waals surface area contributed by atoms with E-state index in [0.29, 0.717) is 12.2 Å². The van der Waals surface area contributed by atoms with Crippen molar-refractivity contribution in [2.75, 3.05) is 0 Å². The van der Waals surface area contributed by atoms with E-state index in [1.54, 1.807) is 10.9 Å². The number of aromatic nitrogens is 2. The number of carboxylic acids is 1. The summed E-state index contributed by atoms with van der Waals surface area (Å²) in [6.07, 6.45) is 4.36. The Balaban J connectivity index is 2.00. The molecule has 2 aromatic rings. The Kier molecular flexibility index (Phi) is 4.63. The smallest absolute Gasteiger partial charge is 0.316 e. The Morgan fingerprint density at radius 2 is 2.16 bits per heavy atom. The standard InChI is InChI=1S/C14H16N2O2S/c1-2-13(14(17)18)19-10-11-8-15-16(9-11)12-6-4-3-5-7-12/h3-9,13H,2,10H2,1H3,(H,17,18). The summed E-state index contributed by atoms with van der Waals surface area (Å²) in [6, 6.07) is 9.85. The number of carboxylic acid groups (broad SMARTS) is 1. The minimum absolute atomic E-state index is 0.347. The van der Waals surface area contributed by atoms with E-state index in [1.165, 1.54) is 11.8 Å². The molecule has 1 aromatic heterocycles. The molecule has 0 aliphatic carbocycles. The summed E-state index contributed by atoms with van der Waals surface area (Å²) in [5, 5.41) is 12.9. The van der Waals surface area contributed by atoms with Gasteiger partial charge in [-0.1, -0.05) is 25.1 Å². The van der Waals surface area contributed by atoms with Crippen molar-refractivity contribution in [3.05, 3.63) is 48.3 Å². The van der Waals surface area contributed by atoms with Crippen LogP contribution in [0.1, 0.15) is 18.9 Å². The van der Waals surface area contributed by atoms with Crippen LogP contribution in [0.5, 0.6) is 0 Å². The summed E-state index contributed by atoms with van der Waals surface area (Å²) in [6.45, 7) is 1.89. The van der Waals surface area contributed by atoms with Crippen LogP contribution in [0.4, 0.5) is 0 Å². The molecule has 100 valence electrons. The fraction of sp³-hybridized carbons (Fsp3) is 0.286. The largest absolute Gasteiger partial charge is 0.480 e. The van der Waals surface area contributed by atoms with Crippen molar-refractivity contribution in [3.8, 4) is 5.69 Å². The van der Waals surface area contributed by atoms with Gasteiger partial charge in [-0.15, -0.1) is 11.8 Å². The van der Waals surface area contributed by atoms with Gasteiger partial charge in [-0.3, -0.25) is 4.79 Å². The molecule has 0 fully saturated rings. The Labute approximate surface area is 116 Å². The molecule has 1 unspecified atom stereocenters. The van der Waals surface area contributed by atoms with E-state index in [0.717, 1.165) is 11.3 Å². The first-order valence-corrected chi connectivity index (χ1v) is 7.19. The average Bonchev–Trinajstić information content (AvgIpc) is 2.89. The number of aliphatic carboxylic acids is 1. The summed E-state index contributed by atoms with van der Waals surface area (Å²) < 4.78 is 1.80. The molecule has 0 radical (unpaired) electrons. The van der Waals surface area contributed by atoms with Crippen molar-refractivity contribution in [2.24, 2.45) is 0 Å². The highest BCUT2D eigenvalue weighted by Gasteiger charge is 2.15. The van der Waals surface area contributed by atoms with Crippen LogP contribution in [0.15, 0.2) is 42.7 Å². The number of nitrogens with zero attached hydrogens (tertiary/aromatic N) is 2. The van der Waals surface area contributed by atoms with Crippen molar-refractivity contribution >= 4 is 17.7 Å². The minimum atomic E-state index is -0.747. The van der Waals surface area contributed by atoms with Crippen molar-refractivity contribution in [2.45, 2.75) is 24.3 Å². The first-order valence-electron chi connectivity index (χ1n) is 6.14. The molecule has 1 heterocycles. The summed E-state index contributed by atoms with van der Waals surface area (Å²) in [7, 11) is 0. The Morgan fingerprint density at radius 3 is 2.79 bits per heavy atom. The fourth-order valence-electron chi connectivity index (χ4n) is 1.72. The second-order valence-corrected chi connectivity index (χ2v) is 5.37. The SMILES string of the molecule is CCC(SCc1cnn(-c2ccccc2)c1)C(=O)O. The van der Waals surface area contributed by atoms with Crippen molar-refractivity contribution < 1.29 is 9.90 Å². The zero-order chi connectivity index (χ0) is 13.7. The van der Waals surface area contributed by atoms with Crippen LogP contribution in [0.25, 0.3) is 5.69 Å². The highest BCUT2D eigenvalue weighted by Crippen LogP contribution is 2.20. The van der Waals surface area contributed by atoms with Crippen LogP contribution in [0.2, 0.25) is 0 Å². The van der Waals surface area contributed by atoms with Crippen LogP contribution >= 0.6 is 11.8 Å². The third-order valence-electron chi connectivity index (χ3n) is 2.75. The topological polar surface area (TPSA) is 55.1 Å². The van der Waals surface area contributed by atoms with Gasteiger partial charge in [0.2, 0.25) is 0 Å². The number of benzene rings is 1. The molecule has 1 N–H and O–H groups in total. The molecule has 4 nitrogen and oxygen atoms in total. The predicted molar refractivity (Wildman–Crippen MR) is 76.6 cm³/mol. The lowest BCUT2D eigenvalue weighted by atomic mass is 10.3. The first-order chi connectivity index (χ1) is 9.20. The van der Waals surface area contributed by atoms with E-state index in [4.69, 9.17) is 5.11 Å². The maximum Gasteiger partial charge on any atom is 0.316 e. The molecular formula is C14H16N2O2S. The summed E-state index contributed by atoms with van der Waals surface area (Å²) in [5.41, 5.74) is 2.04. The van der Waals surface area contributed by atoms with Gasteiger partial charge < -0.3 is 5.11 Å². The molecule has 0 spiro atoms. The molecule has 19 heavy (non-hydrogen) atoms. The van der Waals surface area contributed by atoms with E-state index < -0.39 is 5.97 Å². The second-order valence-electron chi connectivity index (χ2n) is 4.17. The second kappa shape index (κ2) is 6.43. The van der Waals surface area contributed by atoms with Crippen LogP contribution in [-0.4, -0.2) is 26.1 Å². The van der Waals surface area contributed by atoms with Gasteiger partial charge in [0.05, 0.1) is 11.9 Å². The fourth-order valence-corrected chi connectivity index (χ4v) is 2.64. The molecule has 1 atom stereocenters. The lowest BCUT2D eigenvalue weighted by molar-refractivity contribution is -0.136. The predicted octanol–water partition coefficient (Wildman–Crippen LogP) is 2.97. The van der Waals surface area contributed by atoms with Gasteiger partial charge in [0, 0.05) is 17.5 Å². The van der Waals surface area contributed by atoms with Gasteiger partial charge in [-0.25, -0.2) is 4.68 Å². The highest BCUT2D eigenvalue weighted by atomic mass is 32.2. The van der Waals surface area contributed by atoms with Crippen molar-refractivity contribution in [3.63, 3.8) is 0 Å². The van der Waals surface area contributed by atoms with Crippen LogP contribution in [0.3, 0.4) is 0 Å². The third kappa shape index (κ3) is 3.61. The van der Waals surface area contributed by atoms with Gasteiger partial charge in [0.25, 0.3) is 0 Å². The van der Waals surface area contributed by atoms with E-state index >= 15 is 0 Å². The summed E-state index contributed by atoms with van der Waals surface area (Å²) in [4.78, 5) is 10.9. The first kappa shape index (κ1) is 13.7. The molecule has 0 bridgehead atoms. The Hall–Kier alpha value is -1.75. The third-order valence-corrected chi connectivity index (χ3v) is 4.19. The number of hydrogen-bond donors (Lipinski definition) is 1. The van der Waals surface area contributed by atoms with Crippen molar-refractivity contribution in [1.82, 2.24) is 9.78 Å². The molecule has 0 aliphatic heterocycles. The van der Waals surface area contributed by atoms with Gasteiger partial charge in [-0.05, 0) is 18.6 Å². The van der Waals surface area contributed by atoms with E-state index in [2.05, 4.69) is 5.10 Å². The van der Waals surface area contributed by atoms with E-state index in [1.807, 2.05) is 43.5 Å². The summed E-state index contributed by atoms with van der Waals surface area (Å²) in [5.74, 6) is -0.0829. The minimum Gasteiger partial charge on any atom is -0.480 e. The molecule has 0 aliphatic rings. The molecule has 0 saturated carbocycles. The van der Waals surface area contributed by atoms with Crippen LogP contribution in [-0.2, 0) is 10.5 Å². The van der Waals surface area contributed by atoms with Gasteiger partial charge in [-0.2, -0.15) is 5.10 Å². The Morgan fingerprint density at radius 1 is 1.42 bits per heavy atom. The lowest BCUT2D eigenvalue weighted by Crippen LogP contribution is -2.14. The molecular weight excluding hydrogens is 260 g/mol. The molecule has 1 aromatic carbocycles. The molecule has 2 rings (SSSR count). The van der Waals surface area contributed by atoms with Gasteiger partial charge in [0.1, 0.15) is 5.25 Å². The molecule has 0 amide bonds. The van der Waals surface area contributed by atoms with E-state index in [-0.39, 0.29) is 5.25 Å². The Bertz CT molecular complexity index is 539. The lowest BCUT2D eigenvalue weighted by Gasteiger charge is -2.07. The van der Waals surface area contributed by atoms with E-state index in [9.17, 15) is 4.79 Å². The van der Waals surface area contributed by atoms with Crippen LogP contribution in [0, 0.1) is 0 Å². The molecule has 5 heteroatoms. The highest BCUT2D eigenvalue weighted by molar-refractivity contribution is 7.99. The maximum atomic E-state index is 10.9. The monoisotopic (exact) mass is 276 g/mol. The zero-order valence-electron chi connectivity index (χ0n) is 10.7.